The molecule has 3 N–H and O–H groups in total. The highest BCUT2D eigenvalue weighted by Gasteiger charge is 2.30. The summed E-state index contributed by atoms with van der Waals surface area (Å²) in [6, 6.07) is 5.09. The molecule has 12 nitrogen and oxygen atoms in total. The normalized spacial score (nSPS) is 15.9. The summed E-state index contributed by atoms with van der Waals surface area (Å²) in [6.45, 7) is 3.83. The summed E-state index contributed by atoms with van der Waals surface area (Å²) in [5.74, 6) is -4.58. The fraction of sp³-hybridized carbons (Fsp3) is 0.333. The first-order valence-electron chi connectivity index (χ1n) is 13.9. The first-order chi connectivity index (χ1) is 21.0. The molecule has 4 rings (SSSR count). The van der Waals surface area contributed by atoms with Crippen LogP contribution in [0.5, 0.6) is 0 Å². The fourth-order valence-corrected chi connectivity index (χ4v) is 4.74. The van der Waals surface area contributed by atoms with Crippen LogP contribution in [0, 0.1) is 24.5 Å². The lowest BCUT2D eigenvalue weighted by molar-refractivity contribution is -0.137. The third-order valence-corrected chi connectivity index (χ3v) is 6.91. The number of benzene rings is 1. The van der Waals surface area contributed by atoms with Crippen LogP contribution in [0.15, 0.2) is 64.1 Å². The molecule has 0 spiro atoms. The Morgan fingerprint density at radius 1 is 1.20 bits per heavy atom. The number of ether oxygens (including phenoxy) is 1. The summed E-state index contributed by atoms with van der Waals surface area (Å²) in [4.78, 5) is 64.3. The fourth-order valence-electron chi connectivity index (χ4n) is 4.74. The average Bonchev–Trinajstić information content (AvgIpc) is 3.61. The van der Waals surface area contributed by atoms with E-state index in [0.29, 0.717) is 18.7 Å². The summed E-state index contributed by atoms with van der Waals surface area (Å²) in [7, 11) is 0. The van der Waals surface area contributed by atoms with Crippen molar-refractivity contribution in [1.29, 1.82) is 0 Å². The van der Waals surface area contributed by atoms with Crippen LogP contribution in [0.2, 0.25) is 0 Å². The smallest absolute Gasteiger partial charge is 0.330 e. The van der Waals surface area contributed by atoms with Crippen LogP contribution in [0.1, 0.15) is 47.6 Å². The SMILES string of the molecule is CCOC(=O)C=C[C@H](CC1CCNC1=O)NC(=O)[C@H](Cc1ccc(F)c(F)c1)n1cccc(NC(=O)c2cc(C)on2)c1=O. The molecule has 0 bridgehead atoms. The van der Waals surface area contributed by atoms with Crippen LogP contribution in [-0.4, -0.2) is 52.6 Å². The topological polar surface area (TPSA) is 162 Å². The molecule has 1 fully saturated rings. The van der Waals surface area contributed by atoms with Crippen molar-refractivity contribution in [3.05, 3.63) is 93.8 Å². The molecular formula is C30H31F2N5O7. The van der Waals surface area contributed by atoms with Crippen molar-refractivity contribution < 1.29 is 37.2 Å². The molecule has 1 saturated heterocycles. The molecule has 1 aliphatic heterocycles. The van der Waals surface area contributed by atoms with Crippen molar-refractivity contribution in [1.82, 2.24) is 20.4 Å². The average molecular weight is 612 g/mol. The maximum Gasteiger partial charge on any atom is 0.330 e. The molecule has 3 aromatic rings. The highest BCUT2D eigenvalue weighted by atomic mass is 19.2. The predicted molar refractivity (Wildman–Crippen MR) is 152 cm³/mol. The molecule has 1 aliphatic rings. The van der Waals surface area contributed by atoms with Gasteiger partial charge in [0.1, 0.15) is 17.5 Å². The van der Waals surface area contributed by atoms with E-state index in [9.17, 15) is 32.8 Å². The number of carbonyl (C=O) groups excluding carboxylic acids is 4. The van der Waals surface area contributed by atoms with E-state index in [2.05, 4.69) is 21.1 Å². The molecule has 14 heteroatoms. The number of nitrogens with one attached hydrogen (secondary N) is 3. The van der Waals surface area contributed by atoms with Crippen LogP contribution in [0.3, 0.4) is 0 Å². The third-order valence-electron chi connectivity index (χ3n) is 6.91. The highest BCUT2D eigenvalue weighted by Crippen LogP contribution is 2.21. The number of esters is 1. The zero-order chi connectivity index (χ0) is 31.8. The lowest BCUT2D eigenvalue weighted by Gasteiger charge is -2.24. The molecule has 0 aliphatic carbocycles. The molecule has 3 heterocycles. The highest BCUT2D eigenvalue weighted by molar-refractivity contribution is 6.02. The Morgan fingerprint density at radius 3 is 2.66 bits per heavy atom. The molecule has 2 aromatic heterocycles. The molecule has 3 amide bonds. The number of aromatic nitrogens is 2. The minimum absolute atomic E-state index is 0.0689. The first kappa shape index (κ1) is 31.8. The maximum atomic E-state index is 14.1. The van der Waals surface area contributed by atoms with Crippen molar-refractivity contribution in [2.45, 2.75) is 45.2 Å². The number of amides is 3. The second kappa shape index (κ2) is 14.4. The van der Waals surface area contributed by atoms with Gasteiger partial charge in [0.05, 0.1) is 6.61 Å². The number of hydrogen-bond donors (Lipinski definition) is 3. The second-order valence-electron chi connectivity index (χ2n) is 10.1. The van der Waals surface area contributed by atoms with Gasteiger partial charge in [-0.25, -0.2) is 13.6 Å². The van der Waals surface area contributed by atoms with Gasteiger partial charge in [-0.05, 0) is 56.5 Å². The number of carbonyl (C=O) groups is 4. The Kier molecular flexibility index (Phi) is 10.4. The third kappa shape index (κ3) is 8.02. The Labute approximate surface area is 250 Å². The summed E-state index contributed by atoms with van der Waals surface area (Å²) in [5, 5.41) is 11.6. The Morgan fingerprint density at radius 2 is 2.00 bits per heavy atom. The number of halogens is 2. The van der Waals surface area contributed by atoms with Crippen LogP contribution >= 0.6 is 0 Å². The summed E-state index contributed by atoms with van der Waals surface area (Å²) in [6.07, 6.45) is 4.27. The van der Waals surface area contributed by atoms with Gasteiger partial charge >= 0.3 is 5.97 Å². The van der Waals surface area contributed by atoms with Gasteiger partial charge in [0.2, 0.25) is 11.8 Å². The molecule has 232 valence electrons. The number of pyridine rings is 1. The summed E-state index contributed by atoms with van der Waals surface area (Å²) < 4.78 is 38.6. The van der Waals surface area contributed by atoms with Crippen LogP contribution in [0.25, 0.3) is 0 Å². The van der Waals surface area contributed by atoms with Crippen molar-refractivity contribution in [2.75, 3.05) is 18.5 Å². The van der Waals surface area contributed by atoms with E-state index in [1.165, 1.54) is 36.5 Å². The van der Waals surface area contributed by atoms with Crippen molar-refractivity contribution in [3.8, 4) is 0 Å². The van der Waals surface area contributed by atoms with Gasteiger partial charge in [-0.2, -0.15) is 0 Å². The zero-order valence-corrected chi connectivity index (χ0v) is 24.0. The molecule has 0 radical (unpaired) electrons. The van der Waals surface area contributed by atoms with E-state index < -0.39 is 53.0 Å². The Hall–Kier alpha value is -5.14. The number of hydrogen-bond acceptors (Lipinski definition) is 8. The summed E-state index contributed by atoms with van der Waals surface area (Å²) in [5.41, 5.74) is -0.807. The predicted octanol–water partition coefficient (Wildman–Crippen LogP) is 2.59. The number of anilines is 1. The monoisotopic (exact) mass is 611 g/mol. The number of nitrogens with zero attached hydrogens (tertiary/aromatic N) is 2. The van der Waals surface area contributed by atoms with E-state index in [-0.39, 0.29) is 42.3 Å². The van der Waals surface area contributed by atoms with Gasteiger partial charge in [-0.15, -0.1) is 0 Å². The molecule has 0 saturated carbocycles. The van der Waals surface area contributed by atoms with Crippen molar-refractivity contribution in [2.24, 2.45) is 5.92 Å². The molecule has 1 aromatic carbocycles. The lowest BCUT2D eigenvalue weighted by Crippen LogP contribution is -2.43. The van der Waals surface area contributed by atoms with Gasteiger partial charge in [0.15, 0.2) is 17.3 Å². The van der Waals surface area contributed by atoms with Gasteiger partial charge in [0, 0.05) is 43.3 Å². The van der Waals surface area contributed by atoms with Gasteiger partial charge in [-0.1, -0.05) is 17.3 Å². The minimum atomic E-state index is -1.32. The molecule has 1 unspecified atom stereocenters. The Balaban J connectivity index is 1.67. The van der Waals surface area contributed by atoms with Crippen LogP contribution in [-0.2, 0) is 25.5 Å². The lowest BCUT2D eigenvalue weighted by atomic mass is 9.97. The van der Waals surface area contributed by atoms with E-state index in [4.69, 9.17) is 9.26 Å². The van der Waals surface area contributed by atoms with E-state index in [1.807, 2.05) is 0 Å². The van der Waals surface area contributed by atoms with Gasteiger partial charge in [-0.3, -0.25) is 19.2 Å². The van der Waals surface area contributed by atoms with Crippen molar-refractivity contribution >= 4 is 29.4 Å². The second-order valence-corrected chi connectivity index (χ2v) is 10.1. The first-order valence-corrected chi connectivity index (χ1v) is 13.9. The summed E-state index contributed by atoms with van der Waals surface area (Å²) >= 11 is 0. The minimum Gasteiger partial charge on any atom is -0.463 e. The van der Waals surface area contributed by atoms with Gasteiger partial charge < -0.3 is 29.8 Å². The van der Waals surface area contributed by atoms with Gasteiger partial charge in [0.25, 0.3) is 11.5 Å². The van der Waals surface area contributed by atoms with E-state index in [1.54, 1.807) is 13.8 Å². The molecule has 44 heavy (non-hydrogen) atoms. The quantitative estimate of drug-likeness (QED) is 0.208. The van der Waals surface area contributed by atoms with Crippen LogP contribution in [0.4, 0.5) is 14.5 Å². The molecular weight excluding hydrogens is 580 g/mol. The van der Waals surface area contributed by atoms with Crippen molar-refractivity contribution in [3.63, 3.8) is 0 Å². The largest absolute Gasteiger partial charge is 0.463 e. The van der Waals surface area contributed by atoms with E-state index in [0.717, 1.165) is 22.8 Å². The Bertz CT molecular complexity index is 1630. The van der Waals surface area contributed by atoms with Crippen LogP contribution < -0.4 is 21.5 Å². The molecule has 3 atom stereocenters. The number of rotatable bonds is 12. The standard InChI is InChI=1S/C30H31F2N5O7/c1-3-43-26(38)9-7-20(16-19-10-11-33-27(19)39)34-29(41)25(15-18-6-8-21(31)22(32)14-18)37-12-4-5-23(30(37)42)35-28(40)24-13-17(2)44-36-24/h4-9,12-14,19-20,25H,3,10-11,15-16H2,1-2H3,(H,33,39)(H,34,41)(H,35,40)/t19?,20-,25+/m1/s1. The number of aryl methyl sites for hydroxylation is 1. The van der Waals surface area contributed by atoms with E-state index >= 15 is 0 Å². The maximum absolute atomic E-state index is 14.1. The zero-order valence-electron chi connectivity index (χ0n) is 24.0.